The van der Waals surface area contributed by atoms with Crippen LogP contribution < -0.4 is 16.4 Å². The van der Waals surface area contributed by atoms with Crippen molar-refractivity contribution in [1.29, 1.82) is 0 Å². The Balaban J connectivity index is 2.53. The highest BCUT2D eigenvalue weighted by molar-refractivity contribution is 5.91. The second-order valence-electron chi connectivity index (χ2n) is 5.69. The molecule has 9 nitrogen and oxygen atoms in total. The third-order valence-corrected chi connectivity index (χ3v) is 3.31. The summed E-state index contributed by atoms with van der Waals surface area (Å²) < 4.78 is 0. The Kier molecular flexibility index (Phi) is 6.70. The fourth-order valence-electron chi connectivity index (χ4n) is 1.90. The van der Waals surface area contributed by atoms with E-state index in [0.29, 0.717) is 5.69 Å². The first-order valence-electron chi connectivity index (χ1n) is 7.28. The lowest BCUT2D eigenvalue weighted by atomic mass is 10.0. The number of nitrogens with one attached hydrogen (secondary N) is 3. The average molecular weight is 325 g/mol. The van der Waals surface area contributed by atoms with E-state index in [-0.39, 0.29) is 12.3 Å². The Hall–Kier alpha value is -2.42. The predicted octanol–water partition coefficient (Wildman–Crippen LogP) is -0.990. The molecule has 3 atom stereocenters. The minimum atomic E-state index is -1.12. The van der Waals surface area contributed by atoms with E-state index in [4.69, 9.17) is 10.8 Å². The Morgan fingerprint density at radius 2 is 1.91 bits per heavy atom. The molecule has 0 fully saturated rings. The van der Waals surface area contributed by atoms with Crippen LogP contribution in [0.1, 0.15) is 26.5 Å². The summed E-state index contributed by atoms with van der Waals surface area (Å²) in [5.74, 6) is -2.48. The number of aromatic nitrogens is 2. The summed E-state index contributed by atoms with van der Waals surface area (Å²) in [5.41, 5.74) is 6.47. The summed E-state index contributed by atoms with van der Waals surface area (Å²) in [6.07, 6.45) is 3.29. The number of carboxylic acids is 1. The van der Waals surface area contributed by atoms with Gasteiger partial charge in [-0.2, -0.15) is 0 Å². The highest BCUT2D eigenvalue weighted by Crippen LogP contribution is 2.02. The van der Waals surface area contributed by atoms with E-state index in [1.165, 1.54) is 13.3 Å². The van der Waals surface area contributed by atoms with E-state index in [1.807, 2.05) is 0 Å². The third kappa shape index (κ3) is 5.70. The number of hydrogen-bond acceptors (Lipinski definition) is 5. The monoisotopic (exact) mass is 325 g/mol. The van der Waals surface area contributed by atoms with Crippen molar-refractivity contribution in [3.05, 3.63) is 18.2 Å². The number of carbonyl (C=O) groups is 3. The van der Waals surface area contributed by atoms with Gasteiger partial charge in [0.25, 0.3) is 0 Å². The maximum atomic E-state index is 12.0. The molecule has 1 rings (SSSR count). The van der Waals surface area contributed by atoms with E-state index in [1.54, 1.807) is 20.0 Å². The average Bonchev–Trinajstić information content (AvgIpc) is 2.96. The zero-order chi connectivity index (χ0) is 17.6. The van der Waals surface area contributed by atoms with Crippen LogP contribution in [0.2, 0.25) is 0 Å². The van der Waals surface area contributed by atoms with Crippen LogP contribution in [-0.2, 0) is 20.8 Å². The maximum Gasteiger partial charge on any atom is 0.326 e. The van der Waals surface area contributed by atoms with Crippen LogP contribution in [0.25, 0.3) is 0 Å². The quantitative estimate of drug-likeness (QED) is 0.414. The van der Waals surface area contributed by atoms with E-state index >= 15 is 0 Å². The fourth-order valence-corrected chi connectivity index (χ4v) is 1.90. The molecule has 0 saturated heterocycles. The lowest BCUT2D eigenvalue weighted by Gasteiger charge is -2.22. The van der Waals surface area contributed by atoms with Crippen molar-refractivity contribution in [2.45, 2.75) is 45.3 Å². The van der Waals surface area contributed by atoms with E-state index < -0.39 is 35.9 Å². The summed E-state index contributed by atoms with van der Waals surface area (Å²) in [5, 5.41) is 13.9. The van der Waals surface area contributed by atoms with E-state index in [0.717, 1.165) is 0 Å². The topological polar surface area (TPSA) is 150 Å². The zero-order valence-corrected chi connectivity index (χ0v) is 13.4. The highest BCUT2D eigenvalue weighted by atomic mass is 16.4. The molecule has 6 N–H and O–H groups in total. The Bertz CT molecular complexity index is 543. The molecule has 0 aliphatic heterocycles. The molecule has 23 heavy (non-hydrogen) atoms. The van der Waals surface area contributed by atoms with Gasteiger partial charge in [-0.25, -0.2) is 9.78 Å². The molecule has 0 aliphatic rings. The fraction of sp³-hybridized carbons (Fsp3) is 0.571. The second kappa shape index (κ2) is 8.28. The van der Waals surface area contributed by atoms with Crippen LogP contribution in [0, 0.1) is 5.92 Å². The largest absolute Gasteiger partial charge is 0.480 e. The number of aromatic amines is 1. The molecule has 0 spiro atoms. The normalized spacial score (nSPS) is 14.8. The van der Waals surface area contributed by atoms with E-state index in [9.17, 15) is 14.4 Å². The molecule has 0 saturated carbocycles. The smallest absolute Gasteiger partial charge is 0.326 e. The number of aliphatic carboxylic acids is 1. The summed E-state index contributed by atoms with van der Waals surface area (Å²) in [4.78, 5) is 41.7. The van der Waals surface area contributed by atoms with Crippen molar-refractivity contribution < 1.29 is 19.5 Å². The van der Waals surface area contributed by atoms with Crippen molar-refractivity contribution in [3.8, 4) is 0 Å². The van der Waals surface area contributed by atoms with Gasteiger partial charge in [0.1, 0.15) is 12.1 Å². The molecule has 9 heteroatoms. The number of nitrogens with two attached hydrogens (primary N) is 1. The summed E-state index contributed by atoms with van der Waals surface area (Å²) in [6.45, 7) is 4.83. The molecule has 128 valence electrons. The molecular weight excluding hydrogens is 302 g/mol. The lowest BCUT2D eigenvalue weighted by Crippen LogP contribution is -2.54. The first kappa shape index (κ1) is 18.6. The number of rotatable bonds is 8. The first-order valence-corrected chi connectivity index (χ1v) is 7.28. The SMILES string of the molecule is CC(NC(=O)C(N)Cc1cnc[nH]1)C(=O)NC(C(=O)O)C(C)C. The summed E-state index contributed by atoms with van der Waals surface area (Å²) in [7, 11) is 0. The van der Waals surface area contributed by atoms with Gasteiger partial charge in [0, 0.05) is 18.3 Å². The minimum Gasteiger partial charge on any atom is -0.480 e. The summed E-state index contributed by atoms with van der Waals surface area (Å²) >= 11 is 0. The summed E-state index contributed by atoms with van der Waals surface area (Å²) in [6, 6.07) is -2.75. The number of H-pyrrole nitrogens is 1. The molecule has 1 aromatic heterocycles. The molecule has 1 aromatic rings. The Morgan fingerprint density at radius 1 is 1.26 bits per heavy atom. The predicted molar refractivity (Wildman–Crippen MR) is 82.3 cm³/mol. The molecular formula is C14H23N5O4. The van der Waals surface area contributed by atoms with Gasteiger partial charge in [-0.3, -0.25) is 9.59 Å². The van der Waals surface area contributed by atoms with Crippen LogP contribution in [-0.4, -0.2) is 51.0 Å². The minimum absolute atomic E-state index is 0.254. The van der Waals surface area contributed by atoms with Crippen molar-refractivity contribution in [3.63, 3.8) is 0 Å². The van der Waals surface area contributed by atoms with Crippen LogP contribution >= 0.6 is 0 Å². The number of carboxylic acid groups (broad SMARTS) is 1. The van der Waals surface area contributed by atoms with Crippen molar-refractivity contribution in [2.75, 3.05) is 0 Å². The van der Waals surface area contributed by atoms with Gasteiger partial charge in [0.2, 0.25) is 11.8 Å². The zero-order valence-electron chi connectivity index (χ0n) is 13.4. The molecule has 0 bridgehead atoms. The van der Waals surface area contributed by atoms with Gasteiger partial charge in [0.05, 0.1) is 12.4 Å². The van der Waals surface area contributed by atoms with Crippen LogP contribution in [0.4, 0.5) is 0 Å². The van der Waals surface area contributed by atoms with Crippen molar-refractivity contribution in [1.82, 2.24) is 20.6 Å². The number of nitrogens with zero attached hydrogens (tertiary/aromatic N) is 1. The van der Waals surface area contributed by atoms with Gasteiger partial charge in [0.15, 0.2) is 0 Å². The standard InChI is InChI=1S/C14H23N5O4/c1-7(2)11(14(22)23)19-12(20)8(3)18-13(21)10(15)4-9-5-16-6-17-9/h5-8,10-11H,4,15H2,1-3H3,(H,16,17)(H,18,21)(H,19,20)(H,22,23). The van der Waals surface area contributed by atoms with Crippen molar-refractivity contribution in [2.24, 2.45) is 11.7 Å². The number of hydrogen-bond donors (Lipinski definition) is 5. The highest BCUT2D eigenvalue weighted by Gasteiger charge is 2.27. The van der Waals surface area contributed by atoms with Crippen LogP contribution in [0.5, 0.6) is 0 Å². The number of carbonyl (C=O) groups excluding carboxylic acids is 2. The van der Waals surface area contributed by atoms with Gasteiger partial charge in [-0.05, 0) is 12.8 Å². The Morgan fingerprint density at radius 3 is 2.39 bits per heavy atom. The number of imidazole rings is 1. The molecule has 1 heterocycles. The Labute approximate surface area is 134 Å². The molecule has 0 aliphatic carbocycles. The van der Waals surface area contributed by atoms with Crippen LogP contribution in [0.15, 0.2) is 12.5 Å². The first-order chi connectivity index (χ1) is 10.7. The molecule has 2 amide bonds. The van der Waals surface area contributed by atoms with Gasteiger partial charge < -0.3 is 26.5 Å². The van der Waals surface area contributed by atoms with Crippen molar-refractivity contribution >= 4 is 17.8 Å². The third-order valence-electron chi connectivity index (χ3n) is 3.31. The van der Waals surface area contributed by atoms with Gasteiger partial charge >= 0.3 is 5.97 Å². The number of amides is 2. The lowest BCUT2D eigenvalue weighted by molar-refractivity contribution is -0.143. The second-order valence-corrected chi connectivity index (χ2v) is 5.69. The molecule has 0 aromatic carbocycles. The molecule has 3 unspecified atom stereocenters. The maximum absolute atomic E-state index is 12.0. The van der Waals surface area contributed by atoms with Crippen LogP contribution in [0.3, 0.4) is 0 Å². The van der Waals surface area contributed by atoms with Gasteiger partial charge in [-0.1, -0.05) is 13.8 Å². The molecule has 0 radical (unpaired) electrons. The van der Waals surface area contributed by atoms with E-state index in [2.05, 4.69) is 20.6 Å². The van der Waals surface area contributed by atoms with Gasteiger partial charge in [-0.15, -0.1) is 0 Å².